The van der Waals surface area contributed by atoms with Gasteiger partial charge in [0, 0.05) is 36.4 Å². The molecular formula is C16H24ClN3O. The van der Waals surface area contributed by atoms with E-state index < -0.39 is 0 Å². The Morgan fingerprint density at radius 1 is 1.33 bits per heavy atom. The smallest absolute Gasteiger partial charge is 0.254 e. The van der Waals surface area contributed by atoms with E-state index in [4.69, 9.17) is 11.6 Å². The van der Waals surface area contributed by atoms with Gasteiger partial charge in [-0.15, -0.1) is 0 Å². The van der Waals surface area contributed by atoms with Crippen LogP contribution in [0.25, 0.3) is 0 Å². The van der Waals surface area contributed by atoms with Crippen molar-refractivity contribution in [2.45, 2.75) is 39.2 Å². The molecule has 0 spiro atoms. The third-order valence-electron chi connectivity index (χ3n) is 4.26. The number of halogens is 1. The summed E-state index contributed by atoms with van der Waals surface area (Å²) in [5.41, 5.74) is 1.49. The van der Waals surface area contributed by atoms with Crippen LogP contribution in [-0.4, -0.2) is 52.9 Å². The maximum Gasteiger partial charge on any atom is 0.254 e. The fraction of sp³-hybridized carbons (Fsp3) is 0.625. The van der Waals surface area contributed by atoms with Crippen molar-refractivity contribution < 1.29 is 4.79 Å². The third-order valence-corrected chi connectivity index (χ3v) is 4.45. The summed E-state index contributed by atoms with van der Waals surface area (Å²) in [7, 11) is 2.10. The van der Waals surface area contributed by atoms with Crippen LogP contribution >= 0.6 is 11.6 Å². The zero-order valence-corrected chi connectivity index (χ0v) is 14.2. The minimum Gasteiger partial charge on any atom is -0.336 e. The highest BCUT2D eigenvalue weighted by atomic mass is 35.5. The first-order chi connectivity index (χ1) is 9.70. The minimum atomic E-state index is -0.00832. The molecule has 1 aliphatic rings. The Labute approximate surface area is 132 Å². The summed E-state index contributed by atoms with van der Waals surface area (Å²) in [5, 5.41) is 0.387. The summed E-state index contributed by atoms with van der Waals surface area (Å²) >= 11 is 6.07. The standard InChI is InChI=1S/C16H24ClN3O/c1-11(2)13-8-12(9-14(17)18-13)15(21)20-7-6-19(5)16(3,4)10-20/h8-9,11H,6-7,10H2,1-5H3. The molecule has 116 valence electrons. The van der Waals surface area contributed by atoms with Crippen LogP contribution in [0.15, 0.2) is 12.1 Å². The molecule has 0 aromatic carbocycles. The van der Waals surface area contributed by atoms with Crippen LogP contribution in [-0.2, 0) is 0 Å². The van der Waals surface area contributed by atoms with Gasteiger partial charge in [-0.3, -0.25) is 9.69 Å². The van der Waals surface area contributed by atoms with E-state index >= 15 is 0 Å². The lowest BCUT2D eigenvalue weighted by atomic mass is 9.99. The number of carbonyl (C=O) groups excluding carboxylic acids is 1. The Kier molecular flexibility index (Phi) is 4.59. The van der Waals surface area contributed by atoms with Crippen molar-refractivity contribution in [3.63, 3.8) is 0 Å². The highest BCUT2D eigenvalue weighted by Gasteiger charge is 2.33. The predicted molar refractivity (Wildman–Crippen MR) is 85.9 cm³/mol. The molecule has 1 amide bonds. The second-order valence-corrected chi connectivity index (χ2v) is 7.11. The molecule has 1 saturated heterocycles. The monoisotopic (exact) mass is 309 g/mol. The minimum absolute atomic E-state index is 0.00832. The summed E-state index contributed by atoms with van der Waals surface area (Å²) in [6, 6.07) is 3.53. The van der Waals surface area contributed by atoms with E-state index in [1.165, 1.54) is 0 Å². The summed E-state index contributed by atoms with van der Waals surface area (Å²) in [6.07, 6.45) is 0. The van der Waals surface area contributed by atoms with E-state index in [1.54, 1.807) is 6.07 Å². The molecule has 21 heavy (non-hydrogen) atoms. The number of hydrogen-bond donors (Lipinski definition) is 0. The van der Waals surface area contributed by atoms with Gasteiger partial charge < -0.3 is 4.90 Å². The molecule has 0 N–H and O–H groups in total. The number of piperazine rings is 1. The van der Waals surface area contributed by atoms with Crippen molar-refractivity contribution in [1.82, 2.24) is 14.8 Å². The van der Waals surface area contributed by atoms with Gasteiger partial charge in [0.1, 0.15) is 5.15 Å². The van der Waals surface area contributed by atoms with Gasteiger partial charge in [0.15, 0.2) is 0 Å². The number of pyridine rings is 1. The lowest BCUT2D eigenvalue weighted by Crippen LogP contribution is -2.58. The third kappa shape index (κ3) is 3.55. The fourth-order valence-corrected chi connectivity index (χ4v) is 2.75. The topological polar surface area (TPSA) is 36.4 Å². The Morgan fingerprint density at radius 2 is 2.00 bits per heavy atom. The number of nitrogens with zero attached hydrogens (tertiary/aromatic N) is 3. The first-order valence-corrected chi connectivity index (χ1v) is 7.76. The molecule has 2 rings (SSSR count). The Hall–Kier alpha value is -1.13. The molecule has 0 aliphatic carbocycles. The summed E-state index contributed by atoms with van der Waals surface area (Å²) in [6.45, 7) is 10.8. The molecule has 2 heterocycles. The van der Waals surface area contributed by atoms with Gasteiger partial charge in [0.2, 0.25) is 0 Å². The van der Waals surface area contributed by atoms with Crippen LogP contribution < -0.4 is 0 Å². The Bertz CT molecular complexity index is 542. The van der Waals surface area contributed by atoms with Gasteiger partial charge in [-0.1, -0.05) is 25.4 Å². The lowest BCUT2D eigenvalue weighted by molar-refractivity contribution is 0.0311. The van der Waals surface area contributed by atoms with Crippen LogP contribution in [0, 0.1) is 0 Å². The number of amides is 1. The lowest BCUT2D eigenvalue weighted by Gasteiger charge is -2.45. The van der Waals surface area contributed by atoms with E-state index in [0.717, 1.165) is 25.3 Å². The van der Waals surface area contributed by atoms with Crippen molar-refractivity contribution >= 4 is 17.5 Å². The zero-order chi connectivity index (χ0) is 15.8. The Morgan fingerprint density at radius 3 is 2.57 bits per heavy atom. The zero-order valence-electron chi connectivity index (χ0n) is 13.5. The van der Waals surface area contributed by atoms with Crippen molar-refractivity contribution in [2.24, 2.45) is 0 Å². The molecule has 4 nitrogen and oxygen atoms in total. The number of hydrogen-bond acceptors (Lipinski definition) is 3. The van der Waals surface area contributed by atoms with E-state index in [9.17, 15) is 4.79 Å². The Balaban J connectivity index is 2.24. The predicted octanol–water partition coefficient (Wildman–Crippen LogP) is 3.02. The largest absolute Gasteiger partial charge is 0.336 e. The van der Waals surface area contributed by atoms with E-state index in [-0.39, 0.29) is 17.4 Å². The van der Waals surface area contributed by atoms with Gasteiger partial charge in [-0.05, 0) is 38.9 Å². The van der Waals surface area contributed by atoms with Gasteiger partial charge in [0.25, 0.3) is 5.91 Å². The number of aromatic nitrogens is 1. The molecule has 5 heteroatoms. The molecule has 1 aromatic rings. The average molecular weight is 310 g/mol. The van der Waals surface area contributed by atoms with Crippen molar-refractivity contribution in [3.05, 3.63) is 28.5 Å². The quantitative estimate of drug-likeness (QED) is 0.788. The molecule has 1 aliphatic heterocycles. The number of carbonyl (C=O) groups is 1. The summed E-state index contributed by atoms with van der Waals surface area (Å²) in [4.78, 5) is 21.2. The fourth-order valence-electron chi connectivity index (χ4n) is 2.53. The average Bonchev–Trinajstić information content (AvgIpc) is 2.40. The van der Waals surface area contributed by atoms with E-state index in [1.807, 2.05) is 24.8 Å². The molecule has 1 aromatic heterocycles. The normalized spacial score (nSPS) is 19.1. The van der Waals surface area contributed by atoms with Gasteiger partial charge in [0.05, 0.1) is 0 Å². The van der Waals surface area contributed by atoms with Gasteiger partial charge in [-0.25, -0.2) is 4.98 Å². The molecule has 0 saturated carbocycles. The molecular weight excluding hydrogens is 286 g/mol. The van der Waals surface area contributed by atoms with Crippen molar-refractivity contribution in [3.8, 4) is 0 Å². The van der Waals surface area contributed by atoms with Crippen LogP contribution in [0.3, 0.4) is 0 Å². The summed E-state index contributed by atoms with van der Waals surface area (Å²) < 4.78 is 0. The highest BCUT2D eigenvalue weighted by Crippen LogP contribution is 2.23. The SMILES string of the molecule is CC(C)c1cc(C(=O)N2CCN(C)C(C)(C)C2)cc(Cl)n1. The molecule has 1 fully saturated rings. The number of rotatable bonds is 2. The first-order valence-electron chi connectivity index (χ1n) is 7.39. The molecule has 0 radical (unpaired) electrons. The molecule has 0 atom stereocenters. The summed E-state index contributed by atoms with van der Waals surface area (Å²) in [5.74, 6) is 0.293. The maximum atomic E-state index is 12.7. The van der Waals surface area contributed by atoms with Crippen LogP contribution in [0.2, 0.25) is 5.15 Å². The van der Waals surface area contributed by atoms with E-state index in [0.29, 0.717) is 10.7 Å². The van der Waals surface area contributed by atoms with Gasteiger partial charge >= 0.3 is 0 Å². The first kappa shape index (κ1) is 16.2. The molecule has 0 unspecified atom stereocenters. The maximum absolute atomic E-state index is 12.7. The number of likely N-dealkylation sites (N-methyl/N-ethyl adjacent to an activating group) is 1. The van der Waals surface area contributed by atoms with E-state index in [2.05, 4.69) is 30.8 Å². The highest BCUT2D eigenvalue weighted by molar-refractivity contribution is 6.29. The second kappa shape index (κ2) is 5.93. The van der Waals surface area contributed by atoms with Gasteiger partial charge in [-0.2, -0.15) is 0 Å². The molecule has 0 bridgehead atoms. The van der Waals surface area contributed by atoms with Crippen molar-refractivity contribution in [2.75, 3.05) is 26.7 Å². The van der Waals surface area contributed by atoms with Crippen molar-refractivity contribution in [1.29, 1.82) is 0 Å². The van der Waals surface area contributed by atoms with Crippen LogP contribution in [0.4, 0.5) is 0 Å². The van der Waals surface area contributed by atoms with Crippen LogP contribution in [0.1, 0.15) is 49.7 Å². The van der Waals surface area contributed by atoms with Crippen LogP contribution in [0.5, 0.6) is 0 Å². The second-order valence-electron chi connectivity index (χ2n) is 6.72.